The Kier molecular flexibility index (Phi) is 82.4. The predicted octanol–water partition coefficient (Wildman–Crippen LogP) is 27.1. The monoisotopic (exact) mass is 1620 g/mol. The number of hydrogen-bond donors (Lipinski definition) is 4. The first kappa shape index (κ1) is 108. The Morgan fingerprint density at radius 2 is 0.469 bits per heavy atom. The zero-order valence-electron chi connectivity index (χ0n) is 71.0. The van der Waals surface area contributed by atoms with Crippen LogP contribution < -0.4 is 0 Å². The summed E-state index contributed by atoms with van der Waals surface area (Å²) < 4.78 is 61.4. The lowest BCUT2D eigenvalue weighted by Crippen LogP contribution is -2.30. The molecule has 0 radical (unpaired) electrons. The first-order valence-corrected chi connectivity index (χ1v) is 47.4. The third-order valence-electron chi connectivity index (χ3n) is 18.4. The van der Waals surface area contributed by atoms with Gasteiger partial charge in [-0.05, 0) is 161 Å². The van der Waals surface area contributed by atoms with Crippen LogP contribution in [-0.4, -0.2) is 95.9 Å². The van der Waals surface area contributed by atoms with Gasteiger partial charge in [0, 0.05) is 19.3 Å². The number of esters is 3. The van der Waals surface area contributed by atoms with Crippen molar-refractivity contribution in [3.63, 3.8) is 0 Å². The molecule has 0 rings (SSSR count). The highest BCUT2D eigenvalue weighted by atomic mass is 31.2. The number of allylic oxidation sites excluding steroid dienone is 28. The summed E-state index contributed by atoms with van der Waals surface area (Å²) in [6.45, 7) is 2.51. The van der Waals surface area contributed by atoms with Crippen LogP contribution in [0.25, 0.3) is 0 Å². The molecule has 0 aromatic rings. The molecular formula is C95H160O16P2. The van der Waals surface area contributed by atoms with Crippen LogP contribution in [0.15, 0.2) is 170 Å². The van der Waals surface area contributed by atoms with Gasteiger partial charge in [-0.25, -0.2) is 9.13 Å². The maximum Gasteiger partial charge on any atom is 0.472 e. The molecule has 16 nitrogen and oxygen atoms in total. The molecule has 0 saturated carbocycles. The van der Waals surface area contributed by atoms with Gasteiger partial charge in [0.05, 0.1) is 26.4 Å². The van der Waals surface area contributed by atoms with Gasteiger partial charge in [0.15, 0.2) is 6.10 Å². The van der Waals surface area contributed by atoms with E-state index in [4.69, 9.17) is 32.3 Å². The van der Waals surface area contributed by atoms with E-state index in [0.717, 1.165) is 193 Å². The summed E-state index contributed by atoms with van der Waals surface area (Å²) >= 11 is 0. The summed E-state index contributed by atoms with van der Waals surface area (Å²) in [4.78, 5) is 58.9. The Morgan fingerprint density at radius 3 is 0.743 bits per heavy atom. The van der Waals surface area contributed by atoms with Gasteiger partial charge in [-0.2, -0.15) is 0 Å². The lowest BCUT2D eigenvalue weighted by Gasteiger charge is -2.21. The number of phosphoric ester groups is 2. The van der Waals surface area contributed by atoms with E-state index < -0.39 is 91.5 Å². The molecule has 4 N–H and O–H groups in total. The van der Waals surface area contributed by atoms with E-state index >= 15 is 0 Å². The van der Waals surface area contributed by atoms with Crippen LogP contribution in [0, 0.1) is 0 Å². The van der Waals surface area contributed by atoms with Crippen LogP contribution >= 0.6 is 15.6 Å². The highest BCUT2D eigenvalue weighted by molar-refractivity contribution is 7.47. The predicted molar refractivity (Wildman–Crippen MR) is 472 cm³/mol. The minimum Gasteiger partial charge on any atom is -0.463 e. The molecule has 0 aliphatic heterocycles. The van der Waals surface area contributed by atoms with Crippen LogP contribution in [0.4, 0.5) is 0 Å². The molecular weight excluding hydrogens is 1460 g/mol. The van der Waals surface area contributed by atoms with Crippen molar-refractivity contribution in [2.45, 2.75) is 373 Å². The van der Waals surface area contributed by atoms with Crippen molar-refractivity contribution in [2.24, 2.45) is 0 Å². The highest BCUT2D eigenvalue weighted by Gasteiger charge is 2.29. The van der Waals surface area contributed by atoms with E-state index in [1.165, 1.54) is 103 Å². The van der Waals surface area contributed by atoms with Crippen molar-refractivity contribution in [1.29, 1.82) is 0 Å². The molecule has 18 heteroatoms. The molecule has 646 valence electrons. The van der Waals surface area contributed by atoms with Crippen molar-refractivity contribution in [2.75, 3.05) is 39.6 Å². The van der Waals surface area contributed by atoms with Crippen molar-refractivity contribution in [3.05, 3.63) is 170 Å². The average molecular weight is 1620 g/mol. The summed E-state index contributed by atoms with van der Waals surface area (Å²) in [5, 5.41) is 20.7. The molecule has 5 atom stereocenters. The standard InChI is InChI=1S/C95H160O16P2/c1-4-7-10-13-16-19-22-25-28-31-34-37-40-41-42-43-44-45-46-47-50-52-54-57-60-63-66-69-72-75-78-81-93(98)105-84-90(96)85-107-112(101,102)108-86-91(97)87-109-113(103,104)110-89-92(111-95(100)83-80-77-74-71-68-65-62-59-56-53-49-39-36-33-30-27-24-21-18-15-12-9-6-3)88-106-94(99)82-79-76-73-70-67-64-61-58-55-51-48-38-35-32-29-26-23-20-17-14-11-8-5-2/h7,10,16-21,25-30,34-39,41-42,44-45,51,53,55-56,90-92,96-97H,4-6,8-9,11-15,22-24,31-33,40,43,46-50,52,54,57-89H2,1-3H3,(H,101,102)(H,103,104)/b10-7-,19-16-,20-17-,21-18-,28-25-,29-26-,30-27-,37-34-,38-35-,39-36-,42-41-,45-44-,55-51-,56-53-. The number of hydrogen-bond acceptors (Lipinski definition) is 14. The minimum atomic E-state index is -4.95. The van der Waals surface area contributed by atoms with Gasteiger partial charge in [-0.3, -0.25) is 32.5 Å². The number of carbonyl (C=O) groups is 3. The smallest absolute Gasteiger partial charge is 0.463 e. The largest absolute Gasteiger partial charge is 0.472 e. The Morgan fingerprint density at radius 1 is 0.257 bits per heavy atom. The molecule has 5 unspecified atom stereocenters. The van der Waals surface area contributed by atoms with Crippen molar-refractivity contribution >= 4 is 33.6 Å². The zero-order valence-corrected chi connectivity index (χ0v) is 72.8. The number of aliphatic hydroxyl groups is 2. The molecule has 0 aromatic heterocycles. The number of carbonyl (C=O) groups excluding carboxylic acids is 3. The second-order valence-electron chi connectivity index (χ2n) is 29.3. The van der Waals surface area contributed by atoms with Crippen LogP contribution in [0.3, 0.4) is 0 Å². The van der Waals surface area contributed by atoms with Crippen molar-refractivity contribution < 1.29 is 75.8 Å². The second kappa shape index (κ2) is 86.3. The fourth-order valence-electron chi connectivity index (χ4n) is 11.7. The molecule has 0 aliphatic rings. The summed E-state index contributed by atoms with van der Waals surface area (Å²) in [6, 6.07) is 0. The Hall–Kier alpha value is -5.09. The highest BCUT2D eigenvalue weighted by Crippen LogP contribution is 2.45. The SMILES string of the molecule is CC/C=C\C/C=C\C/C=C\C/C=C\C/C=C\C/C=C\CCCCCCCCCCCCCCC(=O)OCC(O)COP(=O)(O)OCC(O)COP(=O)(O)OCC(COC(=O)CCCCCCCCC/C=C\C/C=C\C/C=C\C/C=C\CCCCC)OC(=O)CCCCCCCCC/C=C\C/C=C\C/C=C\C/C=C\CCCCC. The van der Waals surface area contributed by atoms with E-state index in [0.29, 0.717) is 19.3 Å². The Balaban J connectivity index is 4.64. The molecule has 113 heavy (non-hydrogen) atoms. The maximum atomic E-state index is 13.1. The van der Waals surface area contributed by atoms with Gasteiger partial charge in [-0.15, -0.1) is 0 Å². The summed E-state index contributed by atoms with van der Waals surface area (Å²) in [5.74, 6) is -1.60. The fraction of sp³-hybridized carbons (Fsp3) is 0.674. The van der Waals surface area contributed by atoms with Gasteiger partial charge >= 0.3 is 33.6 Å². The summed E-state index contributed by atoms with van der Waals surface area (Å²) in [7, 11) is -9.82. The average Bonchev–Trinajstić information content (AvgIpc) is 0.903. The molecule has 0 heterocycles. The first-order valence-electron chi connectivity index (χ1n) is 44.4. The van der Waals surface area contributed by atoms with E-state index in [1.54, 1.807) is 0 Å². The first-order chi connectivity index (χ1) is 55.2. The van der Waals surface area contributed by atoms with Crippen LogP contribution in [0.1, 0.15) is 355 Å². The minimum absolute atomic E-state index is 0.0849. The van der Waals surface area contributed by atoms with E-state index in [1.807, 2.05) is 0 Å². The van der Waals surface area contributed by atoms with Gasteiger partial charge in [0.2, 0.25) is 0 Å². The molecule has 0 aliphatic carbocycles. The number of rotatable bonds is 83. The maximum absolute atomic E-state index is 13.1. The second-order valence-corrected chi connectivity index (χ2v) is 32.2. The topological polar surface area (TPSA) is 231 Å². The zero-order chi connectivity index (χ0) is 82.2. The third-order valence-corrected chi connectivity index (χ3v) is 20.3. The lowest BCUT2D eigenvalue weighted by molar-refractivity contribution is -0.161. The number of phosphoric acid groups is 2. The molecule has 0 aromatic carbocycles. The molecule has 0 spiro atoms. The molecule has 0 fully saturated rings. The lowest BCUT2D eigenvalue weighted by atomic mass is 10.0. The van der Waals surface area contributed by atoms with Crippen molar-refractivity contribution in [3.8, 4) is 0 Å². The van der Waals surface area contributed by atoms with Gasteiger partial charge < -0.3 is 34.2 Å². The van der Waals surface area contributed by atoms with E-state index in [2.05, 4.69) is 191 Å². The van der Waals surface area contributed by atoms with Gasteiger partial charge in [0.1, 0.15) is 25.4 Å². The summed E-state index contributed by atoms with van der Waals surface area (Å²) in [6.07, 6.45) is 111. The Bertz CT molecular complexity index is 2730. The number of unbranched alkanes of at least 4 members (excludes halogenated alkanes) is 32. The number of ether oxygens (including phenoxy) is 3. The third kappa shape index (κ3) is 87.6. The molecule has 0 saturated heterocycles. The number of aliphatic hydroxyl groups excluding tert-OH is 2. The van der Waals surface area contributed by atoms with Gasteiger partial charge in [-0.1, -0.05) is 345 Å². The van der Waals surface area contributed by atoms with E-state index in [-0.39, 0.29) is 19.3 Å². The molecule has 0 bridgehead atoms. The van der Waals surface area contributed by atoms with Crippen LogP contribution in [-0.2, 0) is 55.8 Å². The van der Waals surface area contributed by atoms with Gasteiger partial charge in [0.25, 0.3) is 0 Å². The Labute approximate surface area is 688 Å². The fourth-order valence-corrected chi connectivity index (χ4v) is 13.2. The quantitative estimate of drug-likeness (QED) is 0.0146. The van der Waals surface area contributed by atoms with Crippen LogP contribution in [0.2, 0.25) is 0 Å². The summed E-state index contributed by atoms with van der Waals surface area (Å²) in [5.41, 5.74) is 0. The normalized spacial score (nSPS) is 14.6. The van der Waals surface area contributed by atoms with Crippen LogP contribution in [0.5, 0.6) is 0 Å². The van der Waals surface area contributed by atoms with Crippen molar-refractivity contribution in [1.82, 2.24) is 0 Å². The van der Waals surface area contributed by atoms with E-state index in [9.17, 15) is 43.5 Å². The molecule has 0 amide bonds.